The molecule has 1 aromatic carbocycles. The number of nitrogens with two attached hydrogens (primary N) is 1. The molecule has 4 heteroatoms. The fourth-order valence-electron chi connectivity index (χ4n) is 2.25. The summed E-state index contributed by atoms with van der Waals surface area (Å²) < 4.78 is 0. The number of benzene rings is 1. The third kappa shape index (κ3) is 3.79. The van der Waals surface area contributed by atoms with Crippen LogP contribution >= 0.6 is 0 Å². The molecule has 2 rings (SSSR count). The van der Waals surface area contributed by atoms with Gasteiger partial charge in [-0.25, -0.2) is 9.97 Å². The van der Waals surface area contributed by atoms with Crippen LogP contribution in [-0.4, -0.2) is 23.1 Å². The number of nitrogens with one attached hydrogen (secondary N) is 1. The fraction of sp³-hybridized carbons (Fsp3) is 0.412. The maximum atomic E-state index is 5.54. The summed E-state index contributed by atoms with van der Waals surface area (Å²) in [5.41, 5.74) is 9.88. The SMILES string of the molecule is Cc1ccccc1-c1ncc(NCCCN)c(C(C)C)n1. The zero-order valence-corrected chi connectivity index (χ0v) is 13.1. The molecule has 0 aliphatic rings. The van der Waals surface area contributed by atoms with Gasteiger partial charge in [-0.2, -0.15) is 0 Å². The molecular formula is C17H24N4. The van der Waals surface area contributed by atoms with Crippen molar-refractivity contribution in [2.24, 2.45) is 5.73 Å². The van der Waals surface area contributed by atoms with E-state index < -0.39 is 0 Å². The van der Waals surface area contributed by atoms with Crippen molar-refractivity contribution >= 4 is 5.69 Å². The first-order valence-corrected chi connectivity index (χ1v) is 7.50. The highest BCUT2D eigenvalue weighted by molar-refractivity contribution is 5.62. The van der Waals surface area contributed by atoms with Gasteiger partial charge >= 0.3 is 0 Å². The van der Waals surface area contributed by atoms with Crippen LogP contribution in [0.25, 0.3) is 11.4 Å². The van der Waals surface area contributed by atoms with Crippen LogP contribution < -0.4 is 11.1 Å². The van der Waals surface area contributed by atoms with E-state index in [1.165, 1.54) is 5.56 Å². The number of hydrogen-bond donors (Lipinski definition) is 2. The first kappa shape index (κ1) is 15.4. The van der Waals surface area contributed by atoms with Crippen molar-refractivity contribution in [2.45, 2.75) is 33.1 Å². The van der Waals surface area contributed by atoms with Gasteiger partial charge in [0.25, 0.3) is 0 Å². The van der Waals surface area contributed by atoms with Crippen LogP contribution in [0.5, 0.6) is 0 Å². The topological polar surface area (TPSA) is 63.8 Å². The molecule has 0 atom stereocenters. The number of rotatable bonds is 6. The van der Waals surface area contributed by atoms with E-state index in [1.54, 1.807) is 0 Å². The Morgan fingerprint density at radius 2 is 2.00 bits per heavy atom. The molecule has 0 unspecified atom stereocenters. The third-order valence-electron chi connectivity index (χ3n) is 3.45. The number of hydrogen-bond acceptors (Lipinski definition) is 4. The van der Waals surface area contributed by atoms with Crippen LogP contribution in [0.1, 0.15) is 37.4 Å². The van der Waals surface area contributed by atoms with E-state index in [0.717, 1.165) is 35.7 Å². The number of aryl methyl sites for hydroxylation is 1. The van der Waals surface area contributed by atoms with Gasteiger partial charge in [-0.1, -0.05) is 38.1 Å². The minimum Gasteiger partial charge on any atom is -0.382 e. The van der Waals surface area contributed by atoms with Crippen LogP contribution in [0, 0.1) is 6.92 Å². The van der Waals surface area contributed by atoms with Gasteiger partial charge in [0, 0.05) is 12.1 Å². The molecule has 0 amide bonds. The summed E-state index contributed by atoms with van der Waals surface area (Å²) in [6.45, 7) is 7.92. The molecule has 0 aliphatic heterocycles. The minimum atomic E-state index is 0.344. The monoisotopic (exact) mass is 284 g/mol. The van der Waals surface area contributed by atoms with Crippen molar-refractivity contribution in [3.05, 3.63) is 41.7 Å². The van der Waals surface area contributed by atoms with Crippen molar-refractivity contribution < 1.29 is 0 Å². The van der Waals surface area contributed by atoms with Gasteiger partial charge in [0.05, 0.1) is 17.6 Å². The van der Waals surface area contributed by atoms with Crippen LogP contribution in [-0.2, 0) is 0 Å². The Balaban J connectivity index is 2.34. The highest BCUT2D eigenvalue weighted by Gasteiger charge is 2.12. The summed E-state index contributed by atoms with van der Waals surface area (Å²) in [4.78, 5) is 9.30. The fourth-order valence-corrected chi connectivity index (χ4v) is 2.25. The summed E-state index contributed by atoms with van der Waals surface area (Å²) in [7, 11) is 0. The Hall–Kier alpha value is -1.94. The zero-order valence-electron chi connectivity index (χ0n) is 13.1. The molecule has 0 aliphatic carbocycles. The largest absolute Gasteiger partial charge is 0.382 e. The standard InChI is InChI=1S/C17H24N4/c1-12(2)16-15(19-10-6-9-18)11-20-17(21-16)14-8-5-4-7-13(14)3/h4-5,7-8,11-12,19H,6,9-10,18H2,1-3H3. The average Bonchev–Trinajstić information content (AvgIpc) is 2.48. The normalized spacial score (nSPS) is 10.9. The molecule has 0 bridgehead atoms. The van der Waals surface area contributed by atoms with E-state index in [-0.39, 0.29) is 0 Å². The van der Waals surface area contributed by atoms with E-state index in [9.17, 15) is 0 Å². The second kappa shape index (κ2) is 7.18. The van der Waals surface area contributed by atoms with Crippen molar-refractivity contribution in [3.63, 3.8) is 0 Å². The summed E-state index contributed by atoms with van der Waals surface area (Å²) in [5.74, 6) is 1.14. The molecule has 112 valence electrons. The van der Waals surface area contributed by atoms with Gasteiger partial charge in [-0.05, 0) is 31.4 Å². The van der Waals surface area contributed by atoms with Gasteiger partial charge in [0.1, 0.15) is 0 Å². The van der Waals surface area contributed by atoms with Crippen LogP contribution in [0.3, 0.4) is 0 Å². The van der Waals surface area contributed by atoms with E-state index in [2.05, 4.69) is 43.2 Å². The first-order chi connectivity index (χ1) is 10.1. The molecule has 0 fully saturated rings. The smallest absolute Gasteiger partial charge is 0.159 e. The second-order valence-corrected chi connectivity index (χ2v) is 5.53. The molecule has 0 spiro atoms. The summed E-state index contributed by atoms with van der Waals surface area (Å²) in [6, 6.07) is 8.20. The quantitative estimate of drug-likeness (QED) is 0.799. The van der Waals surface area contributed by atoms with Crippen molar-refractivity contribution in [2.75, 3.05) is 18.4 Å². The minimum absolute atomic E-state index is 0.344. The lowest BCUT2D eigenvalue weighted by atomic mass is 10.1. The summed E-state index contributed by atoms with van der Waals surface area (Å²) in [5, 5.41) is 3.38. The second-order valence-electron chi connectivity index (χ2n) is 5.53. The van der Waals surface area contributed by atoms with Gasteiger partial charge < -0.3 is 11.1 Å². The molecule has 21 heavy (non-hydrogen) atoms. The molecule has 0 radical (unpaired) electrons. The number of aromatic nitrogens is 2. The number of nitrogens with zero attached hydrogens (tertiary/aromatic N) is 2. The molecule has 1 heterocycles. The Kier molecular flexibility index (Phi) is 5.28. The predicted molar refractivity (Wildman–Crippen MR) is 88.5 cm³/mol. The molecule has 3 N–H and O–H groups in total. The highest BCUT2D eigenvalue weighted by atomic mass is 15.0. The summed E-state index contributed by atoms with van der Waals surface area (Å²) >= 11 is 0. The molecule has 4 nitrogen and oxygen atoms in total. The van der Waals surface area contributed by atoms with Crippen LogP contribution in [0.2, 0.25) is 0 Å². The van der Waals surface area contributed by atoms with E-state index >= 15 is 0 Å². The highest BCUT2D eigenvalue weighted by Crippen LogP contribution is 2.26. The lowest BCUT2D eigenvalue weighted by molar-refractivity contribution is 0.809. The average molecular weight is 284 g/mol. The lowest BCUT2D eigenvalue weighted by Crippen LogP contribution is -2.12. The van der Waals surface area contributed by atoms with Gasteiger partial charge in [-0.3, -0.25) is 0 Å². The van der Waals surface area contributed by atoms with E-state index in [0.29, 0.717) is 12.5 Å². The Morgan fingerprint density at radius 1 is 1.24 bits per heavy atom. The van der Waals surface area contributed by atoms with Crippen molar-refractivity contribution in [1.29, 1.82) is 0 Å². The maximum Gasteiger partial charge on any atom is 0.159 e. The predicted octanol–water partition coefficient (Wildman–Crippen LogP) is 3.34. The molecule has 1 aromatic heterocycles. The van der Waals surface area contributed by atoms with Gasteiger partial charge in [-0.15, -0.1) is 0 Å². The van der Waals surface area contributed by atoms with Gasteiger partial charge in [0.15, 0.2) is 5.82 Å². The first-order valence-electron chi connectivity index (χ1n) is 7.50. The molecule has 0 saturated carbocycles. The van der Waals surface area contributed by atoms with Crippen molar-refractivity contribution in [1.82, 2.24) is 9.97 Å². The Labute approximate surface area is 126 Å². The number of anilines is 1. The zero-order chi connectivity index (χ0) is 15.2. The van der Waals surface area contributed by atoms with E-state index in [4.69, 9.17) is 10.7 Å². The molecule has 2 aromatic rings. The van der Waals surface area contributed by atoms with Crippen LogP contribution in [0.4, 0.5) is 5.69 Å². The third-order valence-corrected chi connectivity index (χ3v) is 3.45. The summed E-state index contributed by atoms with van der Waals surface area (Å²) in [6.07, 6.45) is 2.83. The van der Waals surface area contributed by atoms with E-state index in [1.807, 2.05) is 18.3 Å². The Bertz CT molecular complexity index is 593. The molecule has 0 saturated heterocycles. The Morgan fingerprint density at radius 3 is 2.67 bits per heavy atom. The lowest BCUT2D eigenvalue weighted by Gasteiger charge is -2.15. The van der Waals surface area contributed by atoms with Crippen molar-refractivity contribution in [3.8, 4) is 11.4 Å². The van der Waals surface area contributed by atoms with Gasteiger partial charge in [0.2, 0.25) is 0 Å². The molecular weight excluding hydrogens is 260 g/mol. The maximum absolute atomic E-state index is 5.54. The van der Waals surface area contributed by atoms with Crippen LogP contribution in [0.15, 0.2) is 30.5 Å².